The molecule has 2 N–H and O–H groups in total. The first-order valence-corrected chi connectivity index (χ1v) is 7.89. The molecule has 0 atom stereocenters. The lowest BCUT2D eigenvalue weighted by Crippen LogP contribution is -2.30. The number of sulfone groups is 1. The predicted molar refractivity (Wildman–Crippen MR) is 74.5 cm³/mol. The van der Waals surface area contributed by atoms with E-state index in [1.165, 1.54) is 12.1 Å². The minimum absolute atomic E-state index is 0.0410. The number of carbonyl (C=O) groups excluding carboxylic acids is 1. The molecule has 1 aromatic rings. The molecule has 0 spiro atoms. The second-order valence-corrected chi connectivity index (χ2v) is 6.87. The van der Waals surface area contributed by atoms with Gasteiger partial charge in [0, 0.05) is 23.4 Å². The van der Waals surface area contributed by atoms with Gasteiger partial charge in [-0.15, -0.1) is 0 Å². The average Bonchev–Trinajstić information content (AvgIpc) is 3.25. The van der Waals surface area contributed by atoms with Gasteiger partial charge < -0.3 is 10.4 Å². The number of amides is 1. The molecule has 0 radical (unpaired) electrons. The number of aliphatic hydroxyl groups excluding tert-OH is 1. The average molecular weight is 295 g/mol. The van der Waals surface area contributed by atoms with Gasteiger partial charge >= 0.3 is 0 Å². The van der Waals surface area contributed by atoms with Gasteiger partial charge in [0.1, 0.15) is 0 Å². The Hall–Kier alpha value is -1.66. The van der Waals surface area contributed by atoms with Gasteiger partial charge in [0.2, 0.25) is 5.91 Å². The molecule has 2 rings (SSSR count). The smallest absolute Gasteiger partial charge is 0.244 e. The van der Waals surface area contributed by atoms with Crippen LogP contribution in [-0.2, 0) is 14.6 Å². The second kappa shape index (κ2) is 5.76. The van der Waals surface area contributed by atoms with Crippen LogP contribution in [0.25, 0.3) is 0 Å². The molecular weight excluding hydrogens is 278 g/mol. The van der Waals surface area contributed by atoms with Crippen molar-refractivity contribution in [3.05, 3.63) is 41.8 Å². The summed E-state index contributed by atoms with van der Waals surface area (Å²) >= 11 is 0. The largest absolute Gasteiger partial charge is 0.396 e. The molecule has 5 nitrogen and oxygen atoms in total. The second-order valence-electron chi connectivity index (χ2n) is 5.04. The molecule has 0 heterocycles. The Morgan fingerprint density at radius 1 is 1.30 bits per heavy atom. The number of rotatable bonds is 6. The Labute approximate surface area is 118 Å². The minimum Gasteiger partial charge on any atom is -0.396 e. The normalized spacial score (nSPS) is 17.1. The van der Waals surface area contributed by atoms with Crippen LogP contribution in [0.2, 0.25) is 0 Å². The fourth-order valence-electron chi connectivity index (χ4n) is 1.74. The number of hydrogen-bond acceptors (Lipinski definition) is 4. The molecule has 0 aromatic heterocycles. The SMILES string of the molecule is O=C(/C=C/S(=O)(=O)c1ccccc1)NCC1(CO)CC1. The van der Waals surface area contributed by atoms with Crippen molar-refractivity contribution in [2.45, 2.75) is 17.7 Å². The van der Waals surface area contributed by atoms with E-state index in [4.69, 9.17) is 5.11 Å². The molecule has 1 aliphatic rings. The molecule has 1 aliphatic carbocycles. The van der Waals surface area contributed by atoms with Gasteiger partial charge in [0.05, 0.1) is 11.5 Å². The third-order valence-corrected chi connectivity index (χ3v) is 4.82. The van der Waals surface area contributed by atoms with Crippen molar-refractivity contribution in [2.75, 3.05) is 13.2 Å². The summed E-state index contributed by atoms with van der Waals surface area (Å²) in [6.07, 6.45) is 2.78. The highest BCUT2D eigenvalue weighted by atomic mass is 32.2. The summed E-state index contributed by atoms with van der Waals surface area (Å²) in [5, 5.41) is 12.6. The molecule has 20 heavy (non-hydrogen) atoms. The Balaban J connectivity index is 1.93. The molecule has 0 aliphatic heterocycles. The first-order valence-electron chi connectivity index (χ1n) is 6.34. The zero-order chi connectivity index (χ0) is 14.6. The van der Waals surface area contributed by atoms with Gasteiger partial charge in [-0.25, -0.2) is 8.42 Å². The van der Waals surface area contributed by atoms with Crippen LogP contribution < -0.4 is 5.32 Å². The monoisotopic (exact) mass is 295 g/mol. The summed E-state index contributed by atoms with van der Waals surface area (Å²) < 4.78 is 23.8. The summed E-state index contributed by atoms with van der Waals surface area (Å²) in [5.41, 5.74) is -0.193. The molecule has 0 bridgehead atoms. The van der Waals surface area contributed by atoms with E-state index in [2.05, 4.69) is 5.32 Å². The van der Waals surface area contributed by atoms with Crippen molar-refractivity contribution in [1.29, 1.82) is 0 Å². The molecule has 1 aromatic carbocycles. The Morgan fingerprint density at radius 2 is 1.95 bits per heavy atom. The summed E-state index contributed by atoms with van der Waals surface area (Å²) in [4.78, 5) is 11.7. The maximum atomic E-state index is 11.9. The maximum absolute atomic E-state index is 11.9. The van der Waals surface area contributed by atoms with Gasteiger partial charge in [-0.2, -0.15) is 0 Å². The van der Waals surface area contributed by atoms with Crippen LogP contribution in [0.3, 0.4) is 0 Å². The Kier molecular flexibility index (Phi) is 4.25. The molecule has 1 saturated carbocycles. The van der Waals surface area contributed by atoms with Crippen LogP contribution >= 0.6 is 0 Å². The van der Waals surface area contributed by atoms with E-state index in [-0.39, 0.29) is 16.9 Å². The van der Waals surface area contributed by atoms with E-state index in [1.807, 2.05) is 0 Å². The van der Waals surface area contributed by atoms with Crippen LogP contribution in [0.4, 0.5) is 0 Å². The standard InChI is InChI=1S/C14H17NO4S/c16-11-14(7-8-14)10-15-13(17)6-9-20(18,19)12-4-2-1-3-5-12/h1-6,9,16H,7-8,10-11H2,(H,15,17)/b9-6+. The van der Waals surface area contributed by atoms with Crippen LogP contribution in [0.1, 0.15) is 12.8 Å². The molecular formula is C14H17NO4S. The number of carbonyl (C=O) groups is 1. The van der Waals surface area contributed by atoms with E-state index < -0.39 is 15.7 Å². The fourth-order valence-corrected chi connectivity index (χ4v) is 2.74. The highest BCUT2D eigenvalue weighted by Crippen LogP contribution is 2.44. The lowest BCUT2D eigenvalue weighted by atomic mass is 10.1. The summed E-state index contributed by atoms with van der Waals surface area (Å²) in [7, 11) is -3.59. The van der Waals surface area contributed by atoms with Crippen molar-refractivity contribution < 1.29 is 18.3 Å². The van der Waals surface area contributed by atoms with Crippen LogP contribution in [0.5, 0.6) is 0 Å². The molecule has 0 unspecified atom stereocenters. The van der Waals surface area contributed by atoms with Gasteiger partial charge in [-0.3, -0.25) is 4.79 Å². The third kappa shape index (κ3) is 3.68. The maximum Gasteiger partial charge on any atom is 0.244 e. The third-order valence-electron chi connectivity index (χ3n) is 3.40. The molecule has 108 valence electrons. The van der Waals surface area contributed by atoms with Crippen LogP contribution in [-0.4, -0.2) is 32.6 Å². The molecule has 0 saturated heterocycles. The van der Waals surface area contributed by atoms with Crippen molar-refractivity contribution in [1.82, 2.24) is 5.32 Å². The van der Waals surface area contributed by atoms with Crippen LogP contribution in [0.15, 0.2) is 46.7 Å². The van der Waals surface area contributed by atoms with E-state index >= 15 is 0 Å². The van der Waals surface area contributed by atoms with Crippen molar-refractivity contribution >= 4 is 15.7 Å². The molecule has 1 fully saturated rings. The minimum atomic E-state index is -3.59. The van der Waals surface area contributed by atoms with E-state index in [1.54, 1.807) is 18.2 Å². The lowest BCUT2D eigenvalue weighted by molar-refractivity contribution is -0.116. The number of nitrogens with one attached hydrogen (secondary N) is 1. The highest BCUT2D eigenvalue weighted by molar-refractivity contribution is 7.94. The van der Waals surface area contributed by atoms with Crippen LogP contribution in [0, 0.1) is 5.41 Å². The molecule has 6 heteroatoms. The van der Waals surface area contributed by atoms with E-state index in [0.29, 0.717) is 6.54 Å². The quantitative estimate of drug-likeness (QED) is 0.763. The number of benzene rings is 1. The lowest BCUT2D eigenvalue weighted by Gasteiger charge is -2.11. The number of hydrogen-bond donors (Lipinski definition) is 2. The Bertz CT molecular complexity index is 603. The zero-order valence-corrected chi connectivity index (χ0v) is 11.8. The highest BCUT2D eigenvalue weighted by Gasteiger charge is 2.41. The van der Waals surface area contributed by atoms with Gasteiger partial charge in [0.25, 0.3) is 0 Å². The topological polar surface area (TPSA) is 83.5 Å². The Morgan fingerprint density at radius 3 is 2.50 bits per heavy atom. The number of aliphatic hydroxyl groups is 1. The summed E-state index contributed by atoms with van der Waals surface area (Å²) in [5.74, 6) is -0.468. The van der Waals surface area contributed by atoms with Crippen molar-refractivity contribution in [3.8, 4) is 0 Å². The summed E-state index contributed by atoms with van der Waals surface area (Å²) in [6.45, 7) is 0.414. The first kappa shape index (κ1) is 14.7. The fraction of sp³-hybridized carbons (Fsp3) is 0.357. The van der Waals surface area contributed by atoms with Crippen molar-refractivity contribution in [2.24, 2.45) is 5.41 Å². The summed E-state index contributed by atoms with van der Waals surface area (Å²) in [6, 6.07) is 7.92. The molecule has 1 amide bonds. The van der Waals surface area contributed by atoms with Gasteiger partial charge in [0.15, 0.2) is 9.84 Å². The van der Waals surface area contributed by atoms with E-state index in [9.17, 15) is 13.2 Å². The predicted octanol–water partition coefficient (Wildman–Crippen LogP) is 0.863. The van der Waals surface area contributed by atoms with Gasteiger partial charge in [-0.05, 0) is 25.0 Å². The van der Waals surface area contributed by atoms with Gasteiger partial charge in [-0.1, -0.05) is 18.2 Å². The zero-order valence-electron chi connectivity index (χ0n) is 11.0. The van der Waals surface area contributed by atoms with E-state index in [0.717, 1.165) is 24.3 Å². The first-order chi connectivity index (χ1) is 9.47. The van der Waals surface area contributed by atoms with Crippen molar-refractivity contribution in [3.63, 3.8) is 0 Å².